The molecule has 1 heterocycles. The lowest BCUT2D eigenvalue weighted by Gasteiger charge is -2.24. The molecule has 0 aromatic rings. The predicted molar refractivity (Wildman–Crippen MR) is 80.6 cm³/mol. The van der Waals surface area contributed by atoms with Crippen molar-refractivity contribution >= 4 is 17.5 Å². The van der Waals surface area contributed by atoms with E-state index in [-0.39, 0.29) is 23.4 Å². The molecule has 0 radical (unpaired) electrons. The van der Waals surface area contributed by atoms with Crippen LogP contribution in [0.3, 0.4) is 0 Å². The molecule has 1 amide bonds. The second-order valence-corrected chi connectivity index (χ2v) is 6.35. The van der Waals surface area contributed by atoms with Gasteiger partial charge in [-0.05, 0) is 43.4 Å². The summed E-state index contributed by atoms with van der Waals surface area (Å²) in [4.78, 5) is 37.6. The van der Waals surface area contributed by atoms with E-state index in [1.54, 1.807) is 4.90 Å². The van der Waals surface area contributed by atoms with Crippen molar-refractivity contribution in [3.63, 3.8) is 0 Å². The minimum absolute atomic E-state index is 0.00565. The van der Waals surface area contributed by atoms with Crippen LogP contribution in [0.2, 0.25) is 0 Å². The average molecular weight is 289 g/mol. The zero-order valence-corrected chi connectivity index (χ0v) is 13.0. The van der Waals surface area contributed by atoms with Gasteiger partial charge in [0.15, 0.2) is 11.6 Å². The SMILES string of the molecule is CC(C)C/C=C1/CN(C2CCC(=O)C=CC2=O)C(=O)C1C. The van der Waals surface area contributed by atoms with Gasteiger partial charge in [-0.2, -0.15) is 0 Å². The molecule has 21 heavy (non-hydrogen) atoms. The Balaban J connectivity index is 2.15. The van der Waals surface area contributed by atoms with Gasteiger partial charge in [-0.15, -0.1) is 0 Å². The summed E-state index contributed by atoms with van der Waals surface area (Å²) in [7, 11) is 0. The van der Waals surface area contributed by atoms with E-state index >= 15 is 0 Å². The van der Waals surface area contributed by atoms with E-state index in [0.717, 1.165) is 12.0 Å². The molecule has 0 bridgehead atoms. The Labute approximate surface area is 125 Å². The highest BCUT2D eigenvalue weighted by Crippen LogP contribution is 2.29. The summed E-state index contributed by atoms with van der Waals surface area (Å²) in [6.07, 6.45) is 6.50. The first-order valence-corrected chi connectivity index (χ1v) is 7.64. The Morgan fingerprint density at radius 3 is 2.67 bits per heavy atom. The number of carbonyl (C=O) groups is 3. The maximum Gasteiger partial charge on any atom is 0.230 e. The molecule has 0 spiro atoms. The number of hydrogen-bond acceptors (Lipinski definition) is 3. The van der Waals surface area contributed by atoms with E-state index in [9.17, 15) is 14.4 Å². The van der Waals surface area contributed by atoms with E-state index in [1.165, 1.54) is 12.2 Å². The largest absolute Gasteiger partial charge is 0.328 e. The van der Waals surface area contributed by atoms with Crippen molar-refractivity contribution < 1.29 is 14.4 Å². The molecule has 1 saturated heterocycles. The number of ketones is 2. The van der Waals surface area contributed by atoms with Gasteiger partial charge in [0.05, 0.1) is 12.0 Å². The first kappa shape index (κ1) is 15.7. The van der Waals surface area contributed by atoms with Crippen LogP contribution in [0.25, 0.3) is 0 Å². The minimum atomic E-state index is -0.479. The lowest BCUT2D eigenvalue weighted by atomic mass is 10.0. The fraction of sp³-hybridized carbons (Fsp3) is 0.588. The molecule has 2 rings (SSSR count). The average Bonchev–Trinajstić information content (AvgIpc) is 2.60. The number of hydrogen-bond donors (Lipinski definition) is 0. The van der Waals surface area contributed by atoms with Crippen LogP contribution in [0.4, 0.5) is 0 Å². The molecule has 0 N–H and O–H groups in total. The highest BCUT2D eigenvalue weighted by atomic mass is 16.2. The van der Waals surface area contributed by atoms with Crippen LogP contribution in [-0.4, -0.2) is 35.0 Å². The topological polar surface area (TPSA) is 54.5 Å². The normalized spacial score (nSPS) is 28.9. The van der Waals surface area contributed by atoms with Crippen molar-refractivity contribution in [1.82, 2.24) is 4.90 Å². The van der Waals surface area contributed by atoms with Gasteiger partial charge in [0, 0.05) is 13.0 Å². The van der Waals surface area contributed by atoms with E-state index in [0.29, 0.717) is 25.3 Å². The van der Waals surface area contributed by atoms with E-state index in [4.69, 9.17) is 0 Å². The quantitative estimate of drug-likeness (QED) is 0.749. The predicted octanol–water partition coefficient (Wildman–Crippen LogP) is 2.29. The number of rotatable bonds is 3. The Bertz CT molecular complexity index is 516. The highest BCUT2D eigenvalue weighted by Gasteiger charge is 2.39. The number of nitrogens with zero attached hydrogens (tertiary/aromatic N) is 1. The lowest BCUT2D eigenvalue weighted by molar-refractivity contribution is -0.137. The van der Waals surface area contributed by atoms with E-state index in [2.05, 4.69) is 19.9 Å². The van der Waals surface area contributed by atoms with Gasteiger partial charge < -0.3 is 4.90 Å². The van der Waals surface area contributed by atoms with Crippen molar-refractivity contribution in [1.29, 1.82) is 0 Å². The third kappa shape index (κ3) is 3.49. The second kappa shape index (κ2) is 6.37. The Morgan fingerprint density at radius 1 is 1.29 bits per heavy atom. The molecule has 0 aromatic carbocycles. The standard InChI is InChI=1S/C17H23NO3/c1-11(2)4-5-13-10-18(17(21)12(13)3)15-8-6-14(19)7-9-16(15)20/h5,7,9,11-12,15H,4,6,8,10H2,1-3H3/b13-5-. The molecule has 1 aliphatic heterocycles. The number of carbonyl (C=O) groups excluding carboxylic acids is 3. The summed E-state index contributed by atoms with van der Waals surface area (Å²) in [5.74, 6) is 0.229. The van der Waals surface area contributed by atoms with Crippen LogP contribution in [0.15, 0.2) is 23.8 Å². The van der Waals surface area contributed by atoms with Crippen LogP contribution in [0.5, 0.6) is 0 Å². The maximum atomic E-state index is 12.4. The molecule has 1 fully saturated rings. The third-order valence-electron chi connectivity index (χ3n) is 4.22. The van der Waals surface area contributed by atoms with Gasteiger partial charge in [0.2, 0.25) is 5.91 Å². The molecular weight excluding hydrogens is 266 g/mol. The first-order chi connectivity index (χ1) is 9.90. The van der Waals surface area contributed by atoms with Crippen LogP contribution in [-0.2, 0) is 14.4 Å². The number of likely N-dealkylation sites (tertiary alicyclic amines) is 1. The molecule has 4 nitrogen and oxygen atoms in total. The van der Waals surface area contributed by atoms with E-state index in [1.807, 2.05) is 6.92 Å². The Kier molecular flexibility index (Phi) is 4.76. The summed E-state index contributed by atoms with van der Waals surface area (Å²) in [5.41, 5.74) is 1.10. The van der Waals surface area contributed by atoms with Gasteiger partial charge in [-0.1, -0.05) is 19.9 Å². The highest BCUT2D eigenvalue weighted by molar-refractivity contribution is 6.04. The number of amides is 1. The number of allylic oxidation sites excluding steroid dienone is 2. The third-order valence-corrected chi connectivity index (χ3v) is 4.22. The molecule has 0 aromatic heterocycles. The van der Waals surface area contributed by atoms with Crippen molar-refractivity contribution in [3.05, 3.63) is 23.8 Å². The van der Waals surface area contributed by atoms with Gasteiger partial charge in [-0.3, -0.25) is 14.4 Å². The maximum absolute atomic E-state index is 12.4. The molecule has 1 aliphatic carbocycles. The second-order valence-electron chi connectivity index (χ2n) is 6.35. The molecule has 4 heteroatoms. The van der Waals surface area contributed by atoms with E-state index < -0.39 is 6.04 Å². The molecule has 2 aliphatic rings. The van der Waals surface area contributed by atoms with Gasteiger partial charge in [0.25, 0.3) is 0 Å². The molecule has 2 unspecified atom stereocenters. The van der Waals surface area contributed by atoms with Crippen molar-refractivity contribution in [2.75, 3.05) is 6.54 Å². The molecule has 2 atom stereocenters. The van der Waals surface area contributed by atoms with Crippen LogP contribution < -0.4 is 0 Å². The van der Waals surface area contributed by atoms with Crippen LogP contribution in [0.1, 0.15) is 40.0 Å². The zero-order valence-electron chi connectivity index (χ0n) is 13.0. The van der Waals surface area contributed by atoms with Crippen LogP contribution in [0, 0.1) is 11.8 Å². The zero-order chi connectivity index (χ0) is 15.6. The summed E-state index contributed by atoms with van der Waals surface area (Å²) >= 11 is 0. The summed E-state index contributed by atoms with van der Waals surface area (Å²) in [6, 6.07) is -0.479. The van der Waals surface area contributed by atoms with Gasteiger partial charge >= 0.3 is 0 Å². The lowest BCUT2D eigenvalue weighted by Crippen LogP contribution is -2.41. The molecule has 0 saturated carbocycles. The van der Waals surface area contributed by atoms with Gasteiger partial charge in [-0.25, -0.2) is 0 Å². The first-order valence-electron chi connectivity index (χ1n) is 7.64. The fourth-order valence-electron chi connectivity index (χ4n) is 2.81. The van der Waals surface area contributed by atoms with Crippen molar-refractivity contribution in [2.24, 2.45) is 11.8 Å². The Morgan fingerprint density at radius 2 is 2.00 bits per heavy atom. The van der Waals surface area contributed by atoms with Crippen molar-refractivity contribution in [3.8, 4) is 0 Å². The van der Waals surface area contributed by atoms with Gasteiger partial charge in [0.1, 0.15) is 0 Å². The van der Waals surface area contributed by atoms with Crippen molar-refractivity contribution in [2.45, 2.75) is 46.1 Å². The summed E-state index contributed by atoms with van der Waals surface area (Å²) in [5, 5.41) is 0. The van der Waals surface area contributed by atoms with Crippen LogP contribution >= 0.6 is 0 Å². The smallest absolute Gasteiger partial charge is 0.230 e. The summed E-state index contributed by atoms with van der Waals surface area (Å²) in [6.45, 7) is 6.70. The molecular formula is C17H23NO3. The minimum Gasteiger partial charge on any atom is -0.328 e. The molecule has 114 valence electrons. The monoisotopic (exact) mass is 289 g/mol. The Hall–Kier alpha value is -1.71. The summed E-state index contributed by atoms with van der Waals surface area (Å²) < 4.78 is 0. The fourth-order valence-corrected chi connectivity index (χ4v) is 2.81.